The topological polar surface area (TPSA) is 115 Å². The molecule has 2 unspecified atom stereocenters. The van der Waals surface area contributed by atoms with Gasteiger partial charge in [-0.2, -0.15) is 10.2 Å². The van der Waals surface area contributed by atoms with E-state index in [0.717, 1.165) is 6.07 Å². The van der Waals surface area contributed by atoms with Crippen LogP contribution in [0.15, 0.2) is 90.5 Å². The van der Waals surface area contributed by atoms with Crippen molar-refractivity contribution >= 4 is 26.6 Å². The average molecular weight is 525 g/mol. The van der Waals surface area contributed by atoms with Crippen LogP contribution in [-0.4, -0.2) is 38.1 Å². The maximum Gasteiger partial charge on any atom is 0.261 e. The lowest BCUT2D eigenvalue weighted by Crippen LogP contribution is -2.41. The third-order valence-electron chi connectivity index (χ3n) is 6.23. The van der Waals surface area contributed by atoms with Crippen molar-refractivity contribution in [2.24, 2.45) is 0 Å². The van der Waals surface area contributed by atoms with Crippen LogP contribution in [0.2, 0.25) is 0 Å². The first-order valence-corrected chi connectivity index (χ1v) is 12.7. The molecule has 2 N–H and O–H groups in total. The molecule has 0 aliphatic rings. The minimum atomic E-state index is -3.79. The van der Waals surface area contributed by atoms with Crippen molar-refractivity contribution in [2.45, 2.75) is 30.0 Å². The Morgan fingerprint density at radius 3 is 2.54 bits per heavy atom. The van der Waals surface area contributed by atoms with Gasteiger partial charge in [0.15, 0.2) is 0 Å². The van der Waals surface area contributed by atoms with Gasteiger partial charge in [0.1, 0.15) is 29.9 Å². The van der Waals surface area contributed by atoms with E-state index >= 15 is 0 Å². The van der Waals surface area contributed by atoms with Crippen molar-refractivity contribution in [3.05, 3.63) is 103 Å². The molecule has 5 aromatic rings. The highest BCUT2D eigenvalue weighted by Gasteiger charge is 2.41. The van der Waals surface area contributed by atoms with Crippen molar-refractivity contribution in [2.75, 3.05) is 4.72 Å². The maximum absolute atomic E-state index is 14.9. The van der Waals surface area contributed by atoms with Crippen LogP contribution in [-0.2, 0) is 22.2 Å². The van der Waals surface area contributed by atoms with Crippen LogP contribution >= 0.6 is 0 Å². The highest BCUT2D eigenvalue weighted by molar-refractivity contribution is 7.92. The lowest BCUT2D eigenvalue weighted by molar-refractivity contribution is -0.0354. The van der Waals surface area contributed by atoms with Crippen molar-refractivity contribution in [3.63, 3.8) is 0 Å². The summed E-state index contributed by atoms with van der Waals surface area (Å²) in [5.74, 6) is -1.68. The molecule has 190 valence electrons. The fourth-order valence-electron chi connectivity index (χ4n) is 4.29. The van der Waals surface area contributed by atoms with E-state index in [1.165, 1.54) is 46.4 Å². The molecule has 0 saturated carbocycles. The van der Waals surface area contributed by atoms with Crippen LogP contribution in [0.25, 0.3) is 10.9 Å². The second-order valence-corrected chi connectivity index (χ2v) is 10.3. The highest BCUT2D eigenvalue weighted by Crippen LogP contribution is 2.38. The Morgan fingerprint density at radius 1 is 1.05 bits per heavy atom. The molecule has 2 heterocycles. The molecular weight excluding hydrogens is 502 g/mol. The number of halogens is 2. The van der Waals surface area contributed by atoms with Crippen LogP contribution < -0.4 is 4.72 Å². The number of hydrogen-bond donors (Lipinski definition) is 2. The van der Waals surface area contributed by atoms with Gasteiger partial charge in [0, 0.05) is 22.7 Å². The first kappa shape index (κ1) is 24.5. The van der Waals surface area contributed by atoms with Crippen LogP contribution in [0, 0.1) is 11.6 Å². The summed E-state index contributed by atoms with van der Waals surface area (Å²) < 4.78 is 59.4. The second-order valence-electron chi connectivity index (χ2n) is 8.60. The van der Waals surface area contributed by atoms with Gasteiger partial charge in [-0.15, -0.1) is 0 Å². The summed E-state index contributed by atoms with van der Waals surface area (Å²) in [6, 6.07) is 14.9. The molecule has 0 amide bonds. The molecule has 37 heavy (non-hydrogen) atoms. The van der Waals surface area contributed by atoms with Gasteiger partial charge in [0.25, 0.3) is 10.0 Å². The van der Waals surface area contributed by atoms with E-state index < -0.39 is 33.3 Å². The van der Waals surface area contributed by atoms with E-state index in [1.807, 2.05) is 0 Å². The standard InChI is InChI=1S/C25H22F2N6O3S/c1-17(25(34,14-32-16-28-15-30-32)22-9-7-19(26)12-23(22)27)33-24-10-8-20(11-18(24)13-29-33)31-37(35,36)21-5-3-2-4-6-21/h2-13,15-17,31,34H,14H2,1H3. The Labute approximate surface area is 211 Å². The lowest BCUT2D eigenvalue weighted by atomic mass is 9.86. The van der Waals surface area contributed by atoms with Gasteiger partial charge in [-0.05, 0) is 43.3 Å². The molecule has 0 saturated heterocycles. The van der Waals surface area contributed by atoms with Gasteiger partial charge >= 0.3 is 0 Å². The molecular formula is C25H22F2N6O3S. The Kier molecular flexibility index (Phi) is 6.21. The van der Waals surface area contributed by atoms with Crippen LogP contribution in [0.3, 0.4) is 0 Å². The summed E-state index contributed by atoms with van der Waals surface area (Å²) in [6.45, 7) is 1.46. The van der Waals surface area contributed by atoms with Gasteiger partial charge < -0.3 is 5.11 Å². The predicted octanol–water partition coefficient (Wildman–Crippen LogP) is 3.86. The quantitative estimate of drug-likeness (QED) is 0.319. The van der Waals surface area contributed by atoms with Gasteiger partial charge in [-0.1, -0.05) is 24.3 Å². The monoisotopic (exact) mass is 524 g/mol. The zero-order valence-corrected chi connectivity index (χ0v) is 20.3. The van der Waals surface area contributed by atoms with E-state index in [2.05, 4.69) is 19.9 Å². The Bertz CT molecular complexity index is 1660. The number of aromatic nitrogens is 5. The Hall–Kier alpha value is -4.16. The molecule has 0 bridgehead atoms. The van der Waals surface area contributed by atoms with Gasteiger partial charge in [-0.3, -0.25) is 9.40 Å². The van der Waals surface area contributed by atoms with E-state index in [0.29, 0.717) is 22.7 Å². The summed E-state index contributed by atoms with van der Waals surface area (Å²) >= 11 is 0. The summed E-state index contributed by atoms with van der Waals surface area (Å²) in [5, 5.41) is 20.9. The molecule has 9 nitrogen and oxygen atoms in total. The minimum absolute atomic E-state index is 0.124. The first-order valence-electron chi connectivity index (χ1n) is 11.2. The van der Waals surface area contributed by atoms with Crippen molar-refractivity contribution in [1.29, 1.82) is 0 Å². The largest absolute Gasteiger partial charge is 0.381 e. The number of rotatable bonds is 8. The summed E-state index contributed by atoms with van der Waals surface area (Å²) in [7, 11) is -3.79. The Morgan fingerprint density at radius 2 is 1.84 bits per heavy atom. The number of hydrogen-bond acceptors (Lipinski definition) is 6. The molecule has 0 radical (unpaired) electrons. The molecule has 12 heteroatoms. The zero-order valence-electron chi connectivity index (χ0n) is 19.5. The van der Waals surface area contributed by atoms with Gasteiger partial charge in [-0.25, -0.2) is 26.9 Å². The summed E-state index contributed by atoms with van der Waals surface area (Å²) in [6.07, 6.45) is 4.18. The number of benzene rings is 3. The van der Waals surface area contributed by atoms with E-state index in [9.17, 15) is 22.3 Å². The van der Waals surface area contributed by atoms with E-state index in [-0.39, 0.29) is 17.0 Å². The smallest absolute Gasteiger partial charge is 0.261 e. The number of sulfonamides is 1. The highest BCUT2D eigenvalue weighted by atomic mass is 32.2. The molecule has 3 aromatic carbocycles. The van der Waals surface area contributed by atoms with Crippen molar-refractivity contribution in [1.82, 2.24) is 24.5 Å². The third kappa shape index (κ3) is 4.68. The van der Waals surface area contributed by atoms with Crippen molar-refractivity contribution in [3.8, 4) is 0 Å². The molecule has 0 fully saturated rings. The average Bonchev–Trinajstić information content (AvgIpc) is 3.53. The molecule has 0 aliphatic heterocycles. The fourth-order valence-corrected chi connectivity index (χ4v) is 5.36. The predicted molar refractivity (Wildman–Crippen MR) is 132 cm³/mol. The van der Waals surface area contributed by atoms with Gasteiger partial charge in [0.2, 0.25) is 0 Å². The first-order chi connectivity index (χ1) is 17.7. The van der Waals surface area contributed by atoms with Crippen molar-refractivity contribution < 1.29 is 22.3 Å². The second kappa shape index (κ2) is 9.37. The third-order valence-corrected chi connectivity index (χ3v) is 7.62. The van der Waals surface area contributed by atoms with E-state index in [4.69, 9.17) is 0 Å². The zero-order chi connectivity index (χ0) is 26.2. The molecule has 2 aromatic heterocycles. The lowest BCUT2D eigenvalue weighted by Gasteiger charge is -2.35. The Balaban J connectivity index is 1.52. The summed E-state index contributed by atoms with van der Waals surface area (Å²) in [5.41, 5.74) is -1.15. The minimum Gasteiger partial charge on any atom is -0.381 e. The number of nitrogens with zero attached hydrogens (tertiary/aromatic N) is 5. The number of anilines is 1. The normalized spacial score (nSPS) is 14.4. The van der Waals surface area contributed by atoms with E-state index in [1.54, 1.807) is 43.3 Å². The maximum atomic E-state index is 14.9. The molecule has 0 aliphatic carbocycles. The number of aliphatic hydroxyl groups is 1. The number of fused-ring (bicyclic) bond motifs is 1. The van der Waals surface area contributed by atoms with Gasteiger partial charge in [0.05, 0.1) is 29.2 Å². The fraction of sp³-hybridized carbons (Fsp3) is 0.160. The molecule has 5 rings (SSSR count). The van der Waals surface area contributed by atoms with Crippen LogP contribution in [0.4, 0.5) is 14.5 Å². The SMILES string of the molecule is CC(n1ncc2cc(NS(=O)(=O)c3ccccc3)ccc21)C(O)(Cn1cncn1)c1ccc(F)cc1F. The van der Waals surface area contributed by atoms with Crippen LogP contribution in [0.1, 0.15) is 18.5 Å². The molecule has 2 atom stereocenters. The van der Waals surface area contributed by atoms with Crippen LogP contribution in [0.5, 0.6) is 0 Å². The summed E-state index contributed by atoms with van der Waals surface area (Å²) in [4.78, 5) is 4.00. The molecule has 0 spiro atoms. The number of nitrogens with one attached hydrogen (secondary N) is 1.